The molecular weight excluding hydrogens is 382 g/mol. The molecule has 1 aliphatic rings. The summed E-state index contributed by atoms with van der Waals surface area (Å²) in [6, 6.07) is 10.3. The van der Waals surface area contributed by atoms with Crippen LogP contribution in [-0.2, 0) is 11.3 Å². The molecule has 8 heteroatoms. The first-order chi connectivity index (χ1) is 14.5. The molecule has 4 rings (SSSR count). The first-order valence-corrected chi connectivity index (χ1v) is 10.2. The minimum Gasteiger partial charge on any atom is -0.349 e. The molecule has 1 saturated carbocycles. The number of aromatic amines is 1. The van der Waals surface area contributed by atoms with Crippen molar-refractivity contribution < 1.29 is 9.59 Å². The number of carbonyl (C=O) groups excluding carboxylic acids is 2. The Bertz CT molecular complexity index is 1090. The lowest BCUT2D eigenvalue weighted by atomic mass is 10.2. The number of para-hydroxylation sites is 2. The Morgan fingerprint density at radius 3 is 2.73 bits per heavy atom. The summed E-state index contributed by atoms with van der Waals surface area (Å²) >= 11 is 0. The van der Waals surface area contributed by atoms with E-state index in [2.05, 4.69) is 20.6 Å². The molecule has 30 heavy (non-hydrogen) atoms. The van der Waals surface area contributed by atoms with Gasteiger partial charge in [0.15, 0.2) is 0 Å². The fourth-order valence-corrected chi connectivity index (χ4v) is 3.82. The number of nitrogens with zero attached hydrogens (tertiary/aromatic N) is 2. The molecule has 1 aromatic carbocycles. The fraction of sp³-hybridized carbons (Fsp3) is 0.364. The number of carbonyl (C=O) groups is 2. The third-order valence-corrected chi connectivity index (χ3v) is 5.45. The lowest BCUT2D eigenvalue weighted by Gasteiger charge is -2.14. The van der Waals surface area contributed by atoms with Crippen molar-refractivity contribution in [1.82, 2.24) is 25.2 Å². The van der Waals surface area contributed by atoms with Crippen LogP contribution in [0, 0.1) is 0 Å². The zero-order chi connectivity index (χ0) is 21.1. The number of amides is 2. The summed E-state index contributed by atoms with van der Waals surface area (Å²) in [6.45, 7) is 1.65. The number of imidazole rings is 1. The summed E-state index contributed by atoms with van der Waals surface area (Å²) in [5, 5.41) is 5.84. The quantitative estimate of drug-likeness (QED) is 0.582. The van der Waals surface area contributed by atoms with Crippen LogP contribution >= 0.6 is 0 Å². The molecule has 1 atom stereocenters. The highest BCUT2D eigenvalue weighted by Gasteiger charge is 2.19. The number of rotatable bonds is 6. The van der Waals surface area contributed by atoms with Crippen LogP contribution in [0.5, 0.6) is 0 Å². The monoisotopic (exact) mass is 407 g/mol. The molecule has 3 aromatic rings. The van der Waals surface area contributed by atoms with Crippen molar-refractivity contribution in [3.05, 3.63) is 64.3 Å². The summed E-state index contributed by atoms with van der Waals surface area (Å²) in [5.41, 5.74) is 1.76. The van der Waals surface area contributed by atoms with E-state index in [0.717, 1.165) is 36.7 Å². The minimum atomic E-state index is -0.352. The maximum absolute atomic E-state index is 12.5. The van der Waals surface area contributed by atoms with Gasteiger partial charge in [-0.3, -0.25) is 14.4 Å². The number of hydrogen-bond donors (Lipinski definition) is 3. The summed E-state index contributed by atoms with van der Waals surface area (Å²) in [6.07, 6.45) is 5.64. The van der Waals surface area contributed by atoms with Gasteiger partial charge in [0.05, 0.1) is 22.6 Å². The SMILES string of the molecule is C[C@H](NC(=O)Cn1cc(C(=O)NC2CCCC2)ccc1=O)c1nc2ccccc2[nH]1. The Labute approximate surface area is 173 Å². The fourth-order valence-electron chi connectivity index (χ4n) is 3.82. The molecule has 1 aliphatic carbocycles. The first kappa shape index (κ1) is 19.9. The van der Waals surface area contributed by atoms with E-state index in [1.165, 1.54) is 22.9 Å². The molecule has 8 nitrogen and oxygen atoms in total. The van der Waals surface area contributed by atoms with Crippen LogP contribution in [0.25, 0.3) is 11.0 Å². The third kappa shape index (κ3) is 4.42. The zero-order valence-corrected chi connectivity index (χ0v) is 16.9. The molecule has 3 N–H and O–H groups in total. The predicted molar refractivity (Wildman–Crippen MR) is 113 cm³/mol. The molecule has 2 amide bonds. The van der Waals surface area contributed by atoms with Gasteiger partial charge in [-0.1, -0.05) is 25.0 Å². The molecule has 0 bridgehead atoms. The average molecular weight is 407 g/mol. The van der Waals surface area contributed by atoms with E-state index >= 15 is 0 Å². The van der Waals surface area contributed by atoms with Crippen molar-refractivity contribution in [2.45, 2.75) is 51.2 Å². The van der Waals surface area contributed by atoms with Crippen molar-refractivity contribution in [3.8, 4) is 0 Å². The number of H-pyrrole nitrogens is 1. The van der Waals surface area contributed by atoms with Gasteiger partial charge in [0.2, 0.25) is 5.91 Å². The molecule has 2 heterocycles. The van der Waals surface area contributed by atoms with Gasteiger partial charge < -0.3 is 20.2 Å². The lowest BCUT2D eigenvalue weighted by Crippen LogP contribution is -2.36. The molecule has 156 valence electrons. The van der Waals surface area contributed by atoms with Gasteiger partial charge in [0.1, 0.15) is 12.4 Å². The third-order valence-electron chi connectivity index (χ3n) is 5.45. The Balaban J connectivity index is 1.41. The van der Waals surface area contributed by atoms with Crippen LogP contribution in [0.4, 0.5) is 0 Å². The maximum atomic E-state index is 12.5. The second kappa shape index (κ2) is 8.52. The number of nitrogens with one attached hydrogen (secondary N) is 3. The second-order valence-corrected chi connectivity index (χ2v) is 7.77. The smallest absolute Gasteiger partial charge is 0.252 e. The van der Waals surface area contributed by atoms with Gasteiger partial charge in [-0.05, 0) is 38.0 Å². The average Bonchev–Trinajstić information content (AvgIpc) is 3.39. The normalized spacial score (nSPS) is 15.2. The largest absolute Gasteiger partial charge is 0.349 e. The molecule has 0 radical (unpaired) electrons. The van der Waals surface area contributed by atoms with Crippen LogP contribution in [0.2, 0.25) is 0 Å². The van der Waals surface area contributed by atoms with Crippen LogP contribution in [0.1, 0.15) is 54.8 Å². The lowest BCUT2D eigenvalue weighted by molar-refractivity contribution is -0.122. The summed E-state index contributed by atoms with van der Waals surface area (Å²) in [4.78, 5) is 44.8. The second-order valence-electron chi connectivity index (χ2n) is 7.77. The van der Waals surface area contributed by atoms with Gasteiger partial charge in [0, 0.05) is 18.3 Å². The summed E-state index contributed by atoms with van der Waals surface area (Å²) in [7, 11) is 0. The van der Waals surface area contributed by atoms with Crippen LogP contribution in [-0.4, -0.2) is 32.4 Å². The molecule has 0 aliphatic heterocycles. The van der Waals surface area contributed by atoms with Gasteiger partial charge >= 0.3 is 0 Å². The first-order valence-electron chi connectivity index (χ1n) is 10.2. The molecule has 0 unspecified atom stereocenters. The molecule has 2 aromatic heterocycles. The molecular formula is C22H25N5O3. The molecule has 0 saturated heterocycles. The Kier molecular flexibility index (Phi) is 5.65. The van der Waals surface area contributed by atoms with E-state index in [4.69, 9.17) is 0 Å². The van der Waals surface area contributed by atoms with Crippen LogP contribution in [0.3, 0.4) is 0 Å². The van der Waals surface area contributed by atoms with Gasteiger partial charge in [-0.2, -0.15) is 0 Å². The summed E-state index contributed by atoms with van der Waals surface area (Å²) in [5.74, 6) is 0.0895. The Hall–Kier alpha value is -3.42. The van der Waals surface area contributed by atoms with Crippen LogP contribution < -0.4 is 16.2 Å². The van der Waals surface area contributed by atoms with Crippen molar-refractivity contribution in [1.29, 1.82) is 0 Å². The highest BCUT2D eigenvalue weighted by molar-refractivity contribution is 5.94. The van der Waals surface area contributed by atoms with Crippen molar-refractivity contribution in [2.75, 3.05) is 0 Å². The highest BCUT2D eigenvalue weighted by Crippen LogP contribution is 2.18. The number of aromatic nitrogens is 3. The summed E-state index contributed by atoms with van der Waals surface area (Å²) < 4.78 is 1.25. The van der Waals surface area contributed by atoms with Crippen molar-refractivity contribution in [2.24, 2.45) is 0 Å². The van der Waals surface area contributed by atoms with E-state index in [0.29, 0.717) is 11.4 Å². The van der Waals surface area contributed by atoms with Gasteiger partial charge in [-0.25, -0.2) is 4.98 Å². The molecule has 1 fully saturated rings. The number of fused-ring (bicyclic) bond motifs is 1. The maximum Gasteiger partial charge on any atom is 0.252 e. The van der Waals surface area contributed by atoms with Gasteiger partial charge in [0.25, 0.3) is 11.5 Å². The zero-order valence-electron chi connectivity index (χ0n) is 16.9. The number of pyridine rings is 1. The van der Waals surface area contributed by atoms with Crippen LogP contribution in [0.15, 0.2) is 47.4 Å². The minimum absolute atomic E-state index is 0.173. The van der Waals surface area contributed by atoms with Crippen molar-refractivity contribution in [3.63, 3.8) is 0 Å². The highest BCUT2D eigenvalue weighted by atomic mass is 16.2. The van der Waals surface area contributed by atoms with Crippen molar-refractivity contribution >= 4 is 22.8 Å². The topological polar surface area (TPSA) is 109 Å². The number of benzene rings is 1. The Morgan fingerprint density at radius 1 is 1.20 bits per heavy atom. The number of hydrogen-bond acceptors (Lipinski definition) is 4. The van der Waals surface area contributed by atoms with E-state index in [1.54, 1.807) is 0 Å². The van der Waals surface area contributed by atoms with E-state index in [9.17, 15) is 14.4 Å². The Morgan fingerprint density at radius 2 is 1.97 bits per heavy atom. The van der Waals surface area contributed by atoms with E-state index in [-0.39, 0.29) is 36.0 Å². The van der Waals surface area contributed by atoms with Gasteiger partial charge in [-0.15, -0.1) is 0 Å². The van der Waals surface area contributed by atoms with E-state index in [1.807, 2.05) is 31.2 Å². The van der Waals surface area contributed by atoms with E-state index < -0.39 is 0 Å². The predicted octanol–water partition coefficient (Wildman–Crippen LogP) is 2.27. The standard InChI is InChI=1S/C22H25N5O3/c1-14(21-25-17-8-4-5-9-18(17)26-21)23-19(28)13-27-12-15(10-11-20(27)29)22(30)24-16-6-2-3-7-16/h4-5,8-12,14,16H,2-3,6-7,13H2,1H3,(H,23,28)(H,24,30)(H,25,26)/t14-/m0/s1. The molecule has 0 spiro atoms.